The van der Waals surface area contributed by atoms with Gasteiger partial charge in [-0.2, -0.15) is 0 Å². The minimum atomic E-state index is -1.19. The summed E-state index contributed by atoms with van der Waals surface area (Å²) in [5.74, 6) is -0.240. The second-order valence-corrected chi connectivity index (χ2v) is 5.21. The average Bonchev–Trinajstić information content (AvgIpc) is 2.59. The molecule has 0 amide bonds. The highest BCUT2D eigenvalue weighted by atomic mass is 16.5. The third-order valence-electron chi connectivity index (χ3n) is 3.60. The first-order chi connectivity index (χ1) is 11.5. The fourth-order valence-electron chi connectivity index (χ4n) is 2.32. The van der Waals surface area contributed by atoms with Crippen molar-refractivity contribution in [2.24, 2.45) is 0 Å². The Kier molecular flexibility index (Phi) is 5.84. The van der Waals surface area contributed by atoms with Crippen LogP contribution in [-0.2, 0) is 6.42 Å². The van der Waals surface area contributed by atoms with Crippen LogP contribution in [0, 0.1) is 0 Å². The van der Waals surface area contributed by atoms with E-state index in [1.807, 2.05) is 18.2 Å². The molecule has 0 saturated carbocycles. The highest BCUT2D eigenvalue weighted by Gasteiger charge is 2.10. The smallest absolute Gasteiger partial charge is 0.339 e. The number of carboxylic acid groups (broad SMARTS) is 1. The molecule has 5 heteroatoms. The maximum Gasteiger partial charge on any atom is 0.339 e. The van der Waals surface area contributed by atoms with Gasteiger partial charge < -0.3 is 19.7 Å². The molecule has 0 spiro atoms. The predicted molar refractivity (Wildman–Crippen MR) is 92.0 cm³/mol. The number of carboxylic acids is 1. The van der Waals surface area contributed by atoms with Crippen molar-refractivity contribution in [1.82, 2.24) is 0 Å². The molecular weight excluding hydrogens is 308 g/mol. The number of hydrogen-bond donors (Lipinski definition) is 2. The zero-order chi connectivity index (χ0) is 17.5. The molecule has 0 unspecified atom stereocenters. The zero-order valence-corrected chi connectivity index (χ0v) is 13.5. The fourth-order valence-corrected chi connectivity index (χ4v) is 2.32. The summed E-state index contributed by atoms with van der Waals surface area (Å²) >= 11 is 0. The van der Waals surface area contributed by atoms with Gasteiger partial charge >= 0.3 is 5.97 Å². The van der Waals surface area contributed by atoms with E-state index in [1.165, 1.54) is 12.1 Å². The van der Waals surface area contributed by atoms with E-state index in [4.69, 9.17) is 14.6 Å². The number of aryl methyl sites for hydroxylation is 1. The summed E-state index contributed by atoms with van der Waals surface area (Å²) in [6.07, 6.45) is 3.28. The van der Waals surface area contributed by atoms with E-state index >= 15 is 0 Å². The van der Waals surface area contributed by atoms with Crippen LogP contribution in [0.3, 0.4) is 0 Å². The molecule has 0 saturated heterocycles. The molecule has 126 valence electrons. The molecule has 0 aliphatic carbocycles. The number of hydrogen-bond acceptors (Lipinski definition) is 4. The van der Waals surface area contributed by atoms with Crippen LogP contribution in [0.15, 0.2) is 43.0 Å². The Hall–Kier alpha value is -2.95. The molecule has 0 aliphatic heterocycles. The molecule has 24 heavy (non-hydrogen) atoms. The molecule has 2 N–H and O–H groups in total. The molecular formula is C19H20O5. The van der Waals surface area contributed by atoms with Crippen LogP contribution in [0.25, 0.3) is 6.08 Å². The first-order valence-electron chi connectivity index (χ1n) is 7.53. The Morgan fingerprint density at radius 3 is 2.71 bits per heavy atom. The Bertz CT molecular complexity index is 737. The van der Waals surface area contributed by atoms with E-state index < -0.39 is 5.97 Å². The highest BCUT2D eigenvalue weighted by molar-refractivity contribution is 5.91. The molecule has 0 atom stereocenters. The normalized spacial score (nSPS) is 10.2. The summed E-state index contributed by atoms with van der Waals surface area (Å²) in [4.78, 5) is 11.0. The Balaban J connectivity index is 1.93. The van der Waals surface area contributed by atoms with Crippen molar-refractivity contribution < 1.29 is 24.5 Å². The van der Waals surface area contributed by atoms with E-state index in [0.717, 1.165) is 29.7 Å². The minimum Gasteiger partial charge on any atom is -0.507 e. The topological polar surface area (TPSA) is 76.0 Å². The number of phenols is 1. The summed E-state index contributed by atoms with van der Waals surface area (Å²) < 4.78 is 10.9. The molecule has 2 rings (SSSR count). The molecule has 2 aromatic rings. The van der Waals surface area contributed by atoms with Gasteiger partial charge in [0.25, 0.3) is 0 Å². The maximum absolute atomic E-state index is 11.0. The number of ether oxygens (including phenoxy) is 2. The van der Waals surface area contributed by atoms with Gasteiger partial charge in [0.2, 0.25) is 0 Å². The van der Waals surface area contributed by atoms with Crippen molar-refractivity contribution in [2.45, 2.75) is 12.8 Å². The monoisotopic (exact) mass is 328 g/mol. The zero-order valence-electron chi connectivity index (χ0n) is 13.5. The van der Waals surface area contributed by atoms with E-state index in [0.29, 0.717) is 12.4 Å². The van der Waals surface area contributed by atoms with Crippen LogP contribution in [0.2, 0.25) is 0 Å². The lowest BCUT2D eigenvalue weighted by molar-refractivity contribution is 0.0693. The third kappa shape index (κ3) is 4.29. The fraction of sp³-hybridized carbons (Fsp3) is 0.211. The van der Waals surface area contributed by atoms with Gasteiger partial charge in [-0.15, -0.1) is 0 Å². The van der Waals surface area contributed by atoms with E-state index in [1.54, 1.807) is 19.3 Å². The first kappa shape index (κ1) is 17.4. The van der Waals surface area contributed by atoms with E-state index in [9.17, 15) is 9.90 Å². The molecule has 0 aromatic heterocycles. The van der Waals surface area contributed by atoms with Crippen LogP contribution >= 0.6 is 0 Å². The molecule has 2 aromatic carbocycles. The van der Waals surface area contributed by atoms with Crippen LogP contribution < -0.4 is 9.47 Å². The van der Waals surface area contributed by atoms with Gasteiger partial charge in [-0.25, -0.2) is 4.79 Å². The number of rotatable bonds is 8. The number of benzene rings is 2. The number of carbonyl (C=O) groups is 1. The van der Waals surface area contributed by atoms with Crippen LogP contribution in [0.1, 0.15) is 27.9 Å². The lowest BCUT2D eigenvalue weighted by atomic mass is 10.1. The molecule has 0 fully saturated rings. The summed E-state index contributed by atoms with van der Waals surface area (Å²) in [5.41, 5.74) is 1.90. The van der Waals surface area contributed by atoms with Gasteiger partial charge in [0.15, 0.2) is 0 Å². The van der Waals surface area contributed by atoms with Gasteiger partial charge in [0.05, 0.1) is 13.7 Å². The van der Waals surface area contributed by atoms with Crippen molar-refractivity contribution in [2.75, 3.05) is 13.7 Å². The lowest BCUT2D eigenvalue weighted by Crippen LogP contribution is -2.02. The van der Waals surface area contributed by atoms with Gasteiger partial charge in [0.1, 0.15) is 22.8 Å². The second kappa shape index (κ2) is 8.06. The SMILES string of the molecule is C=Cc1ccc(CCCOc2ccc(O)c(C(=O)O)c2)c(OC)c1. The Morgan fingerprint density at radius 1 is 1.25 bits per heavy atom. The molecule has 5 nitrogen and oxygen atoms in total. The van der Waals surface area contributed by atoms with Gasteiger partial charge in [0, 0.05) is 0 Å². The molecule has 0 heterocycles. The number of aromatic carboxylic acids is 1. The summed E-state index contributed by atoms with van der Waals surface area (Å²) in [5, 5.41) is 18.4. The first-order valence-corrected chi connectivity index (χ1v) is 7.53. The van der Waals surface area contributed by atoms with Gasteiger partial charge in [-0.05, 0) is 48.2 Å². The molecule has 0 aliphatic rings. The summed E-state index contributed by atoms with van der Waals surface area (Å²) in [6.45, 7) is 4.16. The minimum absolute atomic E-state index is 0.172. The largest absolute Gasteiger partial charge is 0.507 e. The summed E-state index contributed by atoms with van der Waals surface area (Å²) in [6, 6.07) is 10.1. The lowest BCUT2D eigenvalue weighted by Gasteiger charge is -2.11. The van der Waals surface area contributed by atoms with Crippen LogP contribution in [0.5, 0.6) is 17.2 Å². The second-order valence-electron chi connectivity index (χ2n) is 5.21. The van der Waals surface area contributed by atoms with E-state index in [2.05, 4.69) is 6.58 Å². The Morgan fingerprint density at radius 2 is 2.04 bits per heavy atom. The van der Waals surface area contributed by atoms with Crippen molar-refractivity contribution in [3.8, 4) is 17.2 Å². The van der Waals surface area contributed by atoms with Crippen LogP contribution in [0.4, 0.5) is 0 Å². The quantitative estimate of drug-likeness (QED) is 0.722. The molecule has 0 bridgehead atoms. The average molecular weight is 328 g/mol. The number of aromatic hydroxyl groups is 1. The molecule has 0 radical (unpaired) electrons. The van der Waals surface area contributed by atoms with Crippen molar-refractivity contribution in [3.05, 3.63) is 59.7 Å². The summed E-state index contributed by atoms with van der Waals surface area (Å²) in [7, 11) is 1.63. The standard InChI is InChI=1S/C19H20O5/c1-3-13-6-7-14(18(11-13)23-2)5-4-10-24-15-8-9-17(20)16(12-15)19(21)22/h3,6-9,11-12,20H,1,4-5,10H2,2H3,(H,21,22). The van der Waals surface area contributed by atoms with Gasteiger partial charge in [-0.1, -0.05) is 24.8 Å². The Labute approximate surface area is 140 Å². The van der Waals surface area contributed by atoms with Crippen molar-refractivity contribution >= 4 is 12.0 Å². The maximum atomic E-state index is 11.0. The van der Waals surface area contributed by atoms with Gasteiger partial charge in [-0.3, -0.25) is 0 Å². The predicted octanol–water partition coefficient (Wildman–Crippen LogP) is 3.75. The van der Waals surface area contributed by atoms with Crippen molar-refractivity contribution in [3.63, 3.8) is 0 Å². The number of methoxy groups -OCH3 is 1. The van der Waals surface area contributed by atoms with Crippen LogP contribution in [-0.4, -0.2) is 29.9 Å². The third-order valence-corrected chi connectivity index (χ3v) is 3.60. The highest BCUT2D eigenvalue weighted by Crippen LogP contribution is 2.24. The van der Waals surface area contributed by atoms with Crippen molar-refractivity contribution in [1.29, 1.82) is 0 Å². The van der Waals surface area contributed by atoms with E-state index in [-0.39, 0.29) is 11.3 Å².